The molecule has 0 fully saturated rings. The Labute approximate surface area is 92.4 Å². The summed E-state index contributed by atoms with van der Waals surface area (Å²) in [4.78, 5) is 13.5. The number of hydrogen-bond donors (Lipinski definition) is 2. The van der Waals surface area contributed by atoms with Gasteiger partial charge in [0.05, 0.1) is 6.10 Å². The fourth-order valence-corrected chi connectivity index (χ4v) is 1.41. The molecule has 0 rings (SSSR count). The summed E-state index contributed by atoms with van der Waals surface area (Å²) in [6, 6.07) is 0. The number of nitrogens with zero attached hydrogens (tertiary/aromatic N) is 1. The first-order chi connectivity index (χ1) is 6.99. The van der Waals surface area contributed by atoms with E-state index in [4.69, 9.17) is 10.8 Å². The molecule has 0 aromatic carbocycles. The van der Waals surface area contributed by atoms with Crippen LogP contribution in [-0.2, 0) is 4.79 Å². The highest BCUT2D eigenvalue weighted by atomic mass is 16.3. The van der Waals surface area contributed by atoms with Gasteiger partial charge >= 0.3 is 0 Å². The quantitative estimate of drug-likeness (QED) is 0.654. The standard InChI is InChI=1S/C11H24N2O2/c1-9(5-4-7-12)11(15)13(3)8-6-10(2)14/h9-10,14H,4-8,12H2,1-3H3. The summed E-state index contributed by atoms with van der Waals surface area (Å²) >= 11 is 0. The summed E-state index contributed by atoms with van der Waals surface area (Å²) in [6.45, 7) is 4.91. The summed E-state index contributed by atoms with van der Waals surface area (Å²) in [5.74, 6) is 0.177. The molecular weight excluding hydrogens is 192 g/mol. The van der Waals surface area contributed by atoms with E-state index in [0.29, 0.717) is 19.5 Å². The van der Waals surface area contributed by atoms with Crippen LogP contribution in [0.15, 0.2) is 0 Å². The Kier molecular flexibility index (Phi) is 7.34. The van der Waals surface area contributed by atoms with Gasteiger partial charge in [-0.25, -0.2) is 0 Å². The van der Waals surface area contributed by atoms with Crippen molar-refractivity contribution < 1.29 is 9.90 Å². The van der Waals surface area contributed by atoms with Crippen molar-refractivity contribution in [1.29, 1.82) is 0 Å². The van der Waals surface area contributed by atoms with E-state index >= 15 is 0 Å². The fraction of sp³-hybridized carbons (Fsp3) is 0.909. The molecule has 15 heavy (non-hydrogen) atoms. The molecule has 2 atom stereocenters. The molecule has 1 amide bonds. The first kappa shape index (κ1) is 14.4. The number of aliphatic hydroxyl groups is 1. The number of nitrogens with two attached hydrogens (primary N) is 1. The van der Waals surface area contributed by atoms with Gasteiger partial charge in [-0.2, -0.15) is 0 Å². The second kappa shape index (κ2) is 7.65. The zero-order chi connectivity index (χ0) is 11.8. The van der Waals surface area contributed by atoms with Gasteiger partial charge in [0.15, 0.2) is 0 Å². The van der Waals surface area contributed by atoms with Gasteiger partial charge in [0.1, 0.15) is 0 Å². The molecule has 90 valence electrons. The summed E-state index contributed by atoms with van der Waals surface area (Å²) in [6.07, 6.45) is 2.01. The highest BCUT2D eigenvalue weighted by Crippen LogP contribution is 2.08. The first-order valence-electron chi connectivity index (χ1n) is 5.62. The molecule has 0 spiro atoms. The Morgan fingerprint density at radius 2 is 2.00 bits per heavy atom. The lowest BCUT2D eigenvalue weighted by Crippen LogP contribution is -2.33. The van der Waals surface area contributed by atoms with Crippen LogP contribution in [0, 0.1) is 5.92 Å². The highest BCUT2D eigenvalue weighted by molar-refractivity contribution is 5.78. The average molecular weight is 216 g/mol. The topological polar surface area (TPSA) is 66.6 Å². The average Bonchev–Trinajstić information content (AvgIpc) is 2.21. The molecule has 0 aliphatic carbocycles. The third-order valence-electron chi connectivity index (χ3n) is 2.52. The first-order valence-corrected chi connectivity index (χ1v) is 5.62. The third-order valence-corrected chi connectivity index (χ3v) is 2.52. The predicted molar refractivity (Wildman–Crippen MR) is 61.4 cm³/mol. The second-order valence-electron chi connectivity index (χ2n) is 4.23. The third kappa shape index (κ3) is 6.47. The molecule has 0 radical (unpaired) electrons. The molecule has 0 aliphatic rings. The predicted octanol–water partition coefficient (Wildman–Crippen LogP) is 0.591. The van der Waals surface area contributed by atoms with Gasteiger partial charge in [0, 0.05) is 19.5 Å². The molecule has 0 aromatic rings. The lowest BCUT2D eigenvalue weighted by molar-refractivity contribution is -0.134. The molecule has 0 saturated carbocycles. The normalized spacial score (nSPS) is 14.7. The van der Waals surface area contributed by atoms with Crippen LogP contribution in [0.25, 0.3) is 0 Å². The molecule has 3 N–H and O–H groups in total. The Morgan fingerprint density at radius 1 is 1.40 bits per heavy atom. The van der Waals surface area contributed by atoms with E-state index < -0.39 is 0 Å². The van der Waals surface area contributed by atoms with E-state index in [1.807, 2.05) is 6.92 Å². The van der Waals surface area contributed by atoms with Crippen LogP contribution in [0.3, 0.4) is 0 Å². The smallest absolute Gasteiger partial charge is 0.225 e. The van der Waals surface area contributed by atoms with Gasteiger partial charge in [0.25, 0.3) is 0 Å². The summed E-state index contributed by atoms with van der Waals surface area (Å²) < 4.78 is 0. The minimum Gasteiger partial charge on any atom is -0.393 e. The molecule has 0 aromatic heterocycles. The van der Waals surface area contributed by atoms with E-state index in [-0.39, 0.29) is 17.9 Å². The van der Waals surface area contributed by atoms with E-state index in [1.54, 1.807) is 18.9 Å². The van der Waals surface area contributed by atoms with Gasteiger partial charge in [-0.15, -0.1) is 0 Å². The minimum absolute atomic E-state index is 0.0348. The minimum atomic E-state index is -0.348. The van der Waals surface area contributed by atoms with Crippen molar-refractivity contribution in [2.45, 2.75) is 39.2 Å². The lowest BCUT2D eigenvalue weighted by Gasteiger charge is -2.21. The zero-order valence-corrected chi connectivity index (χ0v) is 10.1. The molecular formula is C11H24N2O2. The van der Waals surface area contributed by atoms with Gasteiger partial charge in [-0.1, -0.05) is 6.92 Å². The molecule has 0 saturated heterocycles. The highest BCUT2D eigenvalue weighted by Gasteiger charge is 2.16. The molecule has 4 heteroatoms. The van der Waals surface area contributed by atoms with Crippen LogP contribution in [0.1, 0.15) is 33.1 Å². The number of hydrogen-bond acceptors (Lipinski definition) is 3. The Bertz CT molecular complexity index is 183. The van der Waals surface area contributed by atoms with Crippen molar-refractivity contribution in [1.82, 2.24) is 4.90 Å². The molecule has 2 unspecified atom stereocenters. The van der Waals surface area contributed by atoms with Gasteiger partial charge < -0.3 is 15.7 Å². The maximum atomic E-state index is 11.8. The monoisotopic (exact) mass is 216 g/mol. The molecule has 0 heterocycles. The Hall–Kier alpha value is -0.610. The SMILES string of the molecule is CC(O)CCN(C)C(=O)C(C)CCCN. The maximum absolute atomic E-state index is 11.8. The zero-order valence-electron chi connectivity index (χ0n) is 10.1. The van der Waals surface area contributed by atoms with Crippen LogP contribution < -0.4 is 5.73 Å². The second-order valence-corrected chi connectivity index (χ2v) is 4.23. The molecule has 4 nitrogen and oxygen atoms in total. The molecule has 0 aliphatic heterocycles. The molecule has 0 bridgehead atoms. The van der Waals surface area contributed by atoms with Gasteiger partial charge in [0.2, 0.25) is 5.91 Å². The maximum Gasteiger partial charge on any atom is 0.225 e. The van der Waals surface area contributed by atoms with Crippen LogP contribution in [0.5, 0.6) is 0 Å². The van der Waals surface area contributed by atoms with Crippen LogP contribution in [0.2, 0.25) is 0 Å². The largest absolute Gasteiger partial charge is 0.393 e. The summed E-state index contributed by atoms with van der Waals surface area (Å²) in [7, 11) is 1.78. The Balaban J connectivity index is 3.85. The lowest BCUT2D eigenvalue weighted by atomic mass is 10.0. The van der Waals surface area contributed by atoms with E-state index in [0.717, 1.165) is 12.8 Å². The number of carbonyl (C=O) groups is 1. The van der Waals surface area contributed by atoms with Crippen molar-refractivity contribution >= 4 is 5.91 Å². The number of amides is 1. The van der Waals surface area contributed by atoms with E-state index in [1.165, 1.54) is 0 Å². The van der Waals surface area contributed by atoms with Gasteiger partial charge in [-0.05, 0) is 32.7 Å². The van der Waals surface area contributed by atoms with Crippen LogP contribution in [0.4, 0.5) is 0 Å². The number of aliphatic hydroxyl groups excluding tert-OH is 1. The Morgan fingerprint density at radius 3 is 2.47 bits per heavy atom. The van der Waals surface area contributed by atoms with E-state index in [2.05, 4.69) is 0 Å². The summed E-state index contributed by atoms with van der Waals surface area (Å²) in [5, 5.41) is 9.11. The van der Waals surface area contributed by atoms with Crippen molar-refractivity contribution in [3.05, 3.63) is 0 Å². The van der Waals surface area contributed by atoms with Crippen molar-refractivity contribution in [3.63, 3.8) is 0 Å². The van der Waals surface area contributed by atoms with Crippen molar-refractivity contribution in [2.75, 3.05) is 20.1 Å². The van der Waals surface area contributed by atoms with Crippen LogP contribution in [-0.4, -0.2) is 42.2 Å². The summed E-state index contributed by atoms with van der Waals surface area (Å²) in [5.41, 5.74) is 5.39. The van der Waals surface area contributed by atoms with Gasteiger partial charge in [-0.3, -0.25) is 4.79 Å². The van der Waals surface area contributed by atoms with Crippen molar-refractivity contribution in [2.24, 2.45) is 11.7 Å². The fourth-order valence-electron chi connectivity index (χ4n) is 1.41. The van der Waals surface area contributed by atoms with E-state index in [9.17, 15) is 4.79 Å². The van der Waals surface area contributed by atoms with Crippen molar-refractivity contribution in [3.8, 4) is 0 Å². The van der Waals surface area contributed by atoms with Crippen LogP contribution >= 0.6 is 0 Å². The number of rotatable bonds is 7. The number of carbonyl (C=O) groups excluding carboxylic acids is 1.